The molecular formula is C21H24N4O4. The molecule has 0 bridgehead atoms. The standard InChI is InChI=1S/C21H24N4O4/c1-13-20(29-12-23-13)21(28)24-9-16-10-25(18(27)8-22-14(2)26)19(17(16)11-24)15-6-4-3-5-7-15/h3-7,12,16-17,19H,8-11H2,1-2H3,(H,22,26)/t16-,17-,19+/m0/s1. The van der Waals surface area contributed by atoms with Crippen molar-refractivity contribution in [3.8, 4) is 0 Å². The number of benzene rings is 1. The molecule has 2 aliphatic heterocycles. The number of carbonyl (C=O) groups is 3. The number of nitrogens with one attached hydrogen (secondary N) is 1. The van der Waals surface area contributed by atoms with Gasteiger partial charge in [0.15, 0.2) is 6.39 Å². The predicted molar refractivity (Wildman–Crippen MR) is 104 cm³/mol. The van der Waals surface area contributed by atoms with Crippen LogP contribution in [0.2, 0.25) is 0 Å². The first kappa shape index (κ1) is 19.2. The zero-order valence-corrected chi connectivity index (χ0v) is 16.5. The smallest absolute Gasteiger partial charge is 0.291 e. The van der Waals surface area contributed by atoms with E-state index in [0.717, 1.165) is 5.56 Å². The van der Waals surface area contributed by atoms with E-state index in [4.69, 9.17) is 4.42 Å². The Hall–Kier alpha value is -3.16. The van der Waals surface area contributed by atoms with Crippen molar-refractivity contribution in [1.29, 1.82) is 0 Å². The molecule has 8 heteroatoms. The highest BCUT2D eigenvalue weighted by Crippen LogP contribution is 2.45. The lowest BCUT2D eigenvalue weighted by Crippen LogP contribution is -2.42. The molecule has 29 heavy (non-hydrogen) atoms. The number of rotatable bonds is 4. The summed E-state index contributed by atoms with van der Waals surface area (Å²) in [7, 11) is 0. The van der Waals surface area contributed by atoms with E-state index in [1.54, 1.807) is 11.8 Å². The molecule has 0 unspecified atom stereocenters. The number of likely N-dealkylation sites (tertiary alicyclic amines) is 2. The highest BCUT2D eigenvalue weighted by molar-refractivity contribution is 5.92. The summed E-state index contributed by atoms with van der Waals surface area (Å²) in [6, 6.07) is 9.74. The fraction of sp³-hybridized carbons (Fsp3) is 0.429. The number of oxazole rings is 1. The molecule has 1 aromatic carbocycles. The van der Waals surface area contributed by atoms with E-state index in [1.807, 2.05) is 35.2 Å². The Bertz CT molecular complexity index is 926. The largest absolute Gasteiger partial charge is 0.438 e. The molecule has 2 aromatic rings. The quantitative estimate of drug-likeness (QED) is 0.843. The Labute approximate surface area is 168 Å². The average Bonchev–Trinajstić information content (AvgIpc) is 3.40. The first-order valence-electron chi connectivity index (χ1n) is 9.74. The van der Waals surface area contributed by atoms with Gasteiger partial charge in [-0.05, 0) is 12.5 Å². The summed E-state index contributed by atoms with van der Waals surface area (Å²) in [6.45, 7) is 4.81. The maximum atomic E-state index is 12.9. The van der Waals surface area contributed by atoms with E-state index < -0.39 is 0 Å². The normalized spacial score (nSPS) is 23.2. The number of hydrogen-bond donors (Lipinski definition) is 1. The molecule has 3 heterocycles. The highest BCUT2D eigenvalue weighted by atomic mass is 16.3. The van der Waals surface area contributed by atoms with Crippen molar-refractivity contribution in [3.63, 3.8) is 0 Å². The van der Waals surface area contributed by atoms with Crippen LogP contribution in [0, 0.1) is 18.8 Å². The number of aryl methyl sites for hydroxylation is 1. The Morgan fingerprint density at radius 2 is 1.93 bits per heavy atom. The molecule has 0 radical (unpaired) electrons. The summed E-state index contributed by atoms with van der Waals surface area (Å²) in [5.74, 6) is 0.0947. The van der Waals surface area contributed by atoms with E-state index in [-0.39, 0.29) is 47.9 Å². The average molecular weight is 396 g/mol. The third kappa shape index (κ3) is 3.62. The maximum Gasteiger partial charge on any atom is 0.291 e. The van der Waals surface area contributed by atoms with Gasteiger partial charge in [0, 0.05) is 38.4 Å². The third-order valence-electron chi connectivity index (χ3n) is 5.84. The summed E-state index contributed by atoms with van der Waals surface area (Å²) < 4.78 is 5.28. The summed E-state index contributed by atoms with van der Waals surface area (Å²) in [5, 5.41) is 2.60. The van der Waals surface area contributed by atoms with Gasteiger partial charge in [0.2, 0.25) is 17.6 Å². The molecule has 3 atom stereocenters. The molecule has 2 saturated heterocycles. The van der Waals surface area contributed by atoms with Crippen LogP contribution in [0.4, 0.5) is 0 Å². The van der Waals surface area contributed by atoms with Crippen LogP contribution in [-0.2, 0) is 9.59 Å². The highest BCUT2D eigenvalue weighted by Gasteiger charge is 2.50. The van der Waals surface area contributed by atoms with Crippen LogP contribution in [0.1, 0.15) is 34.8 Å². The minimum Gasteiger partial charge on any atom is -0.438 e. The first-order chi connectivity index (χ1) is 14.0. The molecule has 2 fully saturated rings. The molecule has 1 N–H and O–H groups in total. The van der Waals surface area contributed by atoms with Gasteiger partial charge in [0.25, 0.3) is 5.91 Å². The Kier molecular flexibility index (Phi) is 5.08. The topological polar surface area (TPSA) is 95.8 Å². The second kappa shape index (κ2) is 7.69. The molecule has 0 saturated carbocycles. The van der Waals surface area contributed by atoms with Crippen LogP contribution in [-0.4, -0.2) is 58.7 Å². The van der Waals surface area contributed by atoms with E-state index in [1.165, 1.54) is 13.3 Å². The van der Waals surface area contributed by atoms with Crippen molar-refractivity contribution in [3.05, 3.63) is 53.7 Å². The minimum absolute atomic E-state index is 0.0159. The summed E-state index contributed by atoms with van der Waals surface area (Å²) in [4.78, 5) is 44.6. The van der Waals surface area contributed by atoms with Crippen LogP contribution < -0.4 is 5.32 Å². The molecule has 0 aliphatic carbocycles. The molecular weight excluding hydrogens is 372 g/mol. The van der Waals surface area contributed by atoms with Crippen molar-refractivity contribution >= 4 is 17.7 Å². The van der Waals surface area contributed by atoms with Crippen molar-refractivity contribution in [2.24, 2.45) is 11.8 Å². The third-order valence-corrected chi connectivity index (χ3v) is 5.84. The molecule has 0 spiro atoms. The van der Waals surface area contributed by atoms with Crippen LogP contribution in [0.3, 0.4) is 0 Å². The lowest BCUT2D eigenvalue weighted by molar-refractivity contribution is -0.133. The second-order valence-electron chi connectivity index (χ2n) is 7.71. The molecule has 8 nitrogen and oxygen atoms in total. The van der Waals surface area contributed by atoms with E-state index in [9.17, 15) is 14.4 Å². The number of nitrogens with zero attached hydrogens (tertiary/aromatic N) is 3. The van der Waals surface area contributed by atoms with E-state index in [0.29, 0.717) is 25.3 Å². The van der Waals surface area contributed by atoms with Gasteiger partial charge in [0.05, 0.1) is 18.3 Å². The number of fused-ring (bicyclic) bond motifs is 1. The number of hydrogen-bond acceptors (Lipinski definition) is 5. The fourth-order valence-electron chi connectivity index (χ4n) is 4.50. The van der Waals surface area contributed by atoms with Crippen molar-refractivity contribution in [1.82, 2.24) is 20.1 Å². The lowest BCUT2D eigenvalue weighted by Gasteiger charge is -2.30. The summed E-state index contributed by atoms with van der Waals surface area (Å²) in [5.41, 5.74) is 1.63. The monoisotopic (exact) mass is 396 g/mol. The Balaban J connectivity index is 1.56. The summed E-state index contributed by atoms with van der Waals surface area (Å²) >= 11 is 0. The van der Waals surface area contributed by atoms with E-state index >= 15 is 0 Å². The van der Waals surface area contributed by atoms with Gasteiger partial charge in [-0.1, -0.05) is 30.3 Å². The van der Waals surface area contributed by atoms with Crippen LogP contribution in [0.25, 0.3) is 0 Å². The van der Waals surface area contributed by atoms with Gasteiger partial charge in [-0.25, -0.2) is 4.98 Å². The van der Waals surface area contributed by atoms with Crippen molar-refractivity contribution in [2.75, 3.05) is 26.2 Å². The zero-order chi connectivity index (χ0) is 20.5. The minimum atomic E-state index is -0.229. The Morgan fingerprint density at radius 3 is 2.59 bits per heavy atom. The molecule has 152 valence electrons. The molecule has 3 amide bonds. The predicted octanol–water partition coefficient (Wildman–Crippen LogP) is 1.39. The van der Waals surface area contributed by atoms with Gasteiger partial charge in [-0.2, -0.15) is 0 Å². The van der Waals surface area contributed by atoms with Gasteiger partial charge in [-0.3, -0.25) is 14.4 Å². The Morgan fingerprint density at radius 1 is 1.17 bits per heavy atom. The van der Waals surface area contributed by atoms with Gasteiger partial charge in [0.1, 0.15) is 0 Å². The maximum absolute atomic E-state index is 12.9. The van der Waals surface area contributed by atoms with Gasteiger partial charge < -0.3 is 19.5 Å². The molecule has 4 rings (SSSR count). The molecule has 1 aromatic heterocycles. The van der Waals surface area contributed by atoms with Gasteiger partial charge >= 0.3 is 0 Å². The summed E-state index contributed by atoms with van der Waals surface area (Å²) in [6.07, 6.45) is 1.29. The fourth-order valence-corrected chi connectivity index (χ4v) is 4.50. The van der Waals surface area contributed by atoms with Crippen LogP contribution in [0.5, 0.6) is 0 Å². The van der Waals surface area contributed by atoms with Crippen molar-refractivity contribution in [2.45, 2.75) is 19.9 Å². The van der Waals surface area contributed by atoms with Crippen molar-refractivity contribution < 1.29 is 18.8 Å². The number of amides is 3. The lowest BCUT2D eigenvalue weighted by atomic mass is 9.89. The van der Waals surface area contributed by atoms with Gasteiger partial charge in [-0.15, -0.1) is 0 Å². The first-order valence-corrected chi connectivity index (χ1v) is 9.74. The van der Waals surface area contributed by atoms with Crippen LogP contribution >= 0.6 is 0 Å². The second-order valence-corrected chi connectivity index (χ2v) is 7.71. The van der Waals surface area contributed by atoms with E-state index in [2.05, 4.69) is 10.3 Å². The van der Waals surface area contributed by atoms with Crippen LogP contribution in [0.15, 0.2) is 41.1 Å². The number of aromatic nitrogens is 1. The zero-order valence-electron chi connectivity index (χ0n) is 16.5. The molecule has 2 aliphatic rings. The SMILES string of the molecule is CC(=O)NCC(=O)N1C[C@@H]2CN(C(=O)c3ocnc3C)C[C@@H]2[C@H]1c1ccccc1. The number of carbonyl (C=O) groups excluding carboxylic acids is 3.